The van der Waals surface area contributed by atoms with Crippen molar-refractivity contribution in [2.75, 3.05) is 11.5 Å². The minimum Gasteiger partial charge on any atom is -0.162 e. The van der Waals surface area contributed by atoms with Gasteiger partial charge in [-0.25, -0.2) is 0 Å². The van der Waals surface area contributed by atoms with Crippen LogP contribution in [-0.2, 0) is 21.1 Å². The van der Waals surface area contributed by atoms with Crippen LogP contribution < -0.4 is 0 Å². The second-order valence-corrected chi connectivity index (χ2v) is 3.65. The Labute approximate surface area is 83.8 Å². The molecule has 0 heterocycles. The Kier molecular flexibility index (Phi) is 17.3. The van der Waals surface area contributed by atoms with Crippen LogP contribution in [-0.4, -0.2) is 11.5 Å². The van der Waals surface area contributed by atoms with Crippen molar-refractivity contribution in [1.29, 1.82) is 0 Å². The van der Waals surface area contributed by atoms with Gasteiger partial charge in [-0.3, -0.25) is 0 Å². The summed E-state index contributed by atoms with van der Waals surface area (Å²) in [5, 5.41) is 0. The number of hydrogen-bond donors (Lipinski definition) is 0. The Hall–Kier alpha value is 1.04. The molecular weight excluding hydrogens is 224 g/mol. The van der Waals surface area contributed by atoms with Gasteiger partial charge in [0.2, 0.25) is 0 Å². The summed E-state index contributed by atoms with van der Waals surface area (Å²) < 4.78 is 0. The molecule has 0 unspecified atom stereocenters. The normalized spacial score (nSPS) is 9.00. The van der Waals surface area contributed by atoms with Gasteiger partial charge in [-0.2, -0.15) is 11.8 Å². The summed E-state index contributed by atoms with van der Waals surface area (Å²) in [5.41, 5.74) is 0. The topological polar surface area (TPSA) is 0 Å². The van der Waals surface area contributed by atoms with Crippen molar-refractivity contribution in [1.82, 2.24) is 0 Å². The second-order valence-electron chi connectivity index (χ2n) is 2.26. The number of thioether (sulfide) groups is 1. The summed E-state index contributed by atoms with van der Waals surface area (Å²) in [7, 11) is 0. The standard InChI is InChI=1S/C8H18S.Mo/c1-3-5-6-7-8-9-4-2;/h3-8H2,1-2H3;. The second kappa shape index (κ2) is 12.7. The molecule has 0 fully saturated rings. The van der Waals surface area contributed by atoms with Crippen LogP contribution in [0.1, 0.15) is 39.5 Å². The zero-order valence-corrected chi connectivity index (χ0v) is 9.88. The van der Waals surface area contributed by atoms with E-state index in [9.17, 15) is 0 Å². The first-order valence-electron chi connectivity index (χ1n) is 3.99. The monoisotopic (exact) mass is 244 g/mol. The average Bonchev–Trinajstić information content (AvgIpc) is 1.89. The molecule has 0 saturated carbocycles. The third-order valence-corrected chi connectivity index (χ3v) is 2.33. The summed E-state index contributed by atoms with van der Waals surface area (Å²) in [4.78, 5) is 0. The Morgan fingerprint density at radius 3 is 2.20 bits per heavy atom. The van der Waals surface area contributed by atoms with Gasteiger partial charge < -0.3 is 0 Å². The van der Waals surface area contributed by atoms with E-state index < -0.39 is 0 Å². The number of unbranched alkanes of at least 4 members (excludes halogenated alkanes) is 3. The van der Waals surface area contributed by atoms with Crippen LogP contribution in [0.4, 0.5) is 0 Å². The molecule has 0 amide bonds. The maximum Gasteiger partial charge on any atom is 0 e. The quantitative estimate of drug-likeness (QED) is 0.508. The van der Waals surface area contributed by atoms with Crippen LogP contribution in [0.25, 0.3) is 0 Å². The van der Waals surface area contributed by atoms with Gasteiger partial charge in [0.1, 0.15) is 0 Å². The van der Waals surface area contributed by atoms with E-state index in [0.717, 1.165) is 0 Å². The van der Waals surface area contributed by atoms with Crippen LogP contribution in [0, 0.1) is 0 Å². The van der Waals surface area contributed by atoms with Crippen molar-refractivity contribution in [2.24, 2.45) is 0 Å². The molecule has 10 heavy (non-hydrogen) atoms. The molecule has 0 aliphatic rings. The molecule has 0 aromatic heterocycles. The first-order chi connectivity index (χ1) is 4.41. The molecule has 0 nitrogen and oxygen atoms in total. The number of hydrogen-bond acceptors (Lipinski definition) is 1. The van der Waals surface area contributed by atoms with Crippen molar-refractivity contribution in [2.45, 2.75) is 39.5 Å². The molecule has 0 aliphatic heterocycles. The minimum absolute atomic E-state index is 0. The zero-order valence-electron chi connectivity index (χ0n) is 7.06. The summed E-state index contributed by atoms with van der Waals surface area (Å²) >= 11 is 2.06. The zero-order chi connectivity index (χ0) is 6.95. The van der Waals surface area contributed by atoms with Gasteiger partial charge in [-0.05, 0) is 17.9 Å². The summed E-state index contributed by atoms with van der Waals surface area (Å²) in [5.74, 6) is 2.66. The van der Waals surface area contributed by atoms with Gasteiger partial charge in [0, 0.05) is 21.1 Å². The fraction of sp³-hybridized carbons (Fsp3) is 1.00. The van der Waals surface area contributed by atoms with E-state index in [-0.39, 0.29) is 21.1 Å². The average molecular weight is 242 g/mol. The molecule has 0 rings (SSSR count). The van der Waals surface area contributed by atoms with Crippen molar-refractivity contribution < 1.29 is 21.1 Å². The molecule has 62 valence electrons. The number of rotatable bonds is 6. The third-order valence-electron chi connectivity index (χ3n) is 1.35. The van der Waals surface area contributed by atoms with Gasteiger partial charge in [-0.1, -0.05) is 33.1 Å². The molecule has 0 radical (unpaired) electrons. The minimum atomic E-state index is 0. The first-order valence-corrected chi connectivity index (χ1v) is 5.15. The van der Waals surface area contributed by atoms with E-state index >= 15 is 0 Å². The van der Waals surface area contributed by atoms with Crippen LogP contribution >= 0.6 is 11.8 Å². The maximum absolute atomic E-state index is 2.26. The molecule has 0 aromatic carbocycles. The van der Waals surface area contributed by atoms with Gasteiger partial charge in [-0.15, -0.1) is 0 Å². The Morgan fingerprint density at radius 1 is 1.00 bits per heavy atom. The molecule has 0 N–H and O–H groups in total. The van der Waals surface area contributed by atoms with Crippen LogP contribution in [0.3, 0.4) is 0 Å². The summed E-state index contributed by atoms with van der Waals surface area (Å²) in [6.07, 6.45) is 5.64. The van der Waals surface area contributed by atoms with E-state index in [0.29, 0.717) is 0 Å². The smallest absolute Gasteiger partial charge is 0 e. The maximum atomic E-state index is 2.26. The Bertz CT molecular complexity index is 42.5. The van der Waals surface area contributed by atoms with E-state index in [1.165, 1.54) is 37.2 Å². The molecule has 2 heteroatoms. The van der Waals surface area contributed by atoms with E-state index in [2.05, 4.69) is 25.6 Å². The fourth-order valence-electron chi connectivity index (χ4n) is 0.775. The Morgan fingerprint density at radius 2 is 1.70 bits per heavy atom. The van der Waals surface area contributed by atoms with Crippen molar-refractivity contribution >= 4 is 11.8 Å². The van der Waals surface area contributed by atoms with Crippen molar-refractivity contribution in [3.05, 3.63) is 0 Å². The molecular formula is C8H18MoS. The van der Waals surface area contributed by atoms with Crippen LogP contribution in [0.2, 0.25) is 0 Å². The SMILES string of the molecule is CCCCCCSCC.[Mo]. The summed E-state index contributed by atoms with van der Waals surface area (Å²) in [6.45, 7) is 4.48. The predicted molar refractivity (Wildman–Crippen MR) is 47.1 cm³/mol. The van der Waals surface area contributed by atoms with Crippen molar-refractivity contribution in [3.63, 3.8) is 0 Å². The first kappa shape index (κ1) is 13.6. The fourth-order valence-corrected chi connectivity index (χ4v) is 1.47. The van der Waals surface area contributed by atoms with E-state index in [1.807, 2.05) is 0 Å². The summed E-state index contributed by atoms with van der Waals surface area (Å²) in [6, 6.07) is 0. The van der Waals surface area contributed by atoms with Crippen LogP contribution in [0.5, 0.6) is 0 Å². The third kappa shape index (κ3) is 11.8. The van der Waals surface area contributed by atoms with Gasteiger partial charge >= 0.3 is 0 Å². The molecule has 0 atom stereocenters. The van der Waals surface area contributed by atoms with Crippen LogP contribution in [0.15, 0.2) is 0 Å². The largest absolute Gasteiger partial charge is 0.162 e. The van der Waals surface area contributed by atoms with Crippen molar-refractivity contribution in [3.8, 4) is 0 Å². The van der Waals surface area contributed by atoms with E-state index in [4.69, 9.17) is 0 Å². The Balaban J connectivity index is 0. The van der Waals surface area contributed by atoms with Gasteiger partial charge in [0.25, 0.3) is 0 Å². The molecule has 0 bridgehead atoms. The predicted octanol–water partition coefficient (Wildman–Crippen LogP) is 3.32. The molecule has 0 aliphatic carbocycles. The molecule has 0 spiro atoms. The molecule has 0 saturated heterocycles. The van der Waals surface area contributed by atoms with Gasteiger partial charge in [0.05, 0.1) is 0 Å². The van der Waals surface area contributed by atoms with E-state index in [1.54, 1.807) is 0 Å². The molecule has 0 aromatic rings. The van der Waals surface area contributed by atoms with Gasteiger partial charge in [0.15, 0.2) is 0 Å².